The van der Waals surface area contributed by atoms with Gasteiger partial charge in [-0.05, 0) is 36.4 Å². The van der Waals surface area contributed by atoms with Crippen LogP contribution in [0, 0.1) is 0 Å². The summed E-state index contributed by atoms with van der Waals surface area (Å²) in [6.45, 7) is 0. The summed E-state index contributed by atoms with van der Waals surface area (Å²) < 4.78 is 31.8. The largest absolute Gasteiger partial charge is 0.495 e. The summed E-state index contributed by atoms with van der Waals surface area (Å²) in [5.41, 5.74) is 2.59. The van der Waals surface area contributed by atoms with Crippen molar-refractivity contribution in [2.75, 3.05) is 26.5 Å². The van der Waals surface area contributed by atoms with Crippen molar-refractivity contribution in [2.45, 2.75) is 4.90 Å². The van der Waals surface area contributed by atoms with E-state index in [1.54, 1.807) is 18.2 Å². The molecule has 1 N–H and O–H groups in total. The molecule has 1 heterocycles. The van der Waals surface area contributed by atoms with E-state index in [-0.39, 0.29) is 10.6 Å². The van der Waals surface area contributed by atoms with Gasteiger partial charge in [0, 0.05) is 35.8 Å². The van der Waals surface area contributed by atoms with E-state index in [0.717, 1.165) is 4.31 Å². The second-order valence-electron chi connectivity index (χ2n) is 7.66. The SMILES string of the molecule is COc1ccc(NC(=O)c2cc(-c3ccccc3Cl)nc3ccccc23)cc1S(=O)(=O)N(C)C. The molecule has 0 radical (unpaired) electrons. The Morgan fingerprint density at radius 3 is 2.41 bits per heavy atom. The Labute approximate surface area is 203 Å². The number of nitrogens with zero attached hydrogens (tertiary/aromatic N) is 2. The molecule has 9 heteroatoms. The van der Waals surface area contributed by atoms with Crippen LogP contribution >= 0.6 is 11.6 Å². The fourth-order valence-corrected chi connectivity index (χ4v) is 4.83. The first-order valence-electron chi connectivity index (χ1n) is 10.3. The van der Waals surface area contributed by atoms with E-state index >= 15 is 0 Å². The number of sulfonamides is 1. The predicted molar refractivity (Wildman–Crippen MR) is 134 cm³/mol. The lowest BCUT2D eigenvalue weighted by molar-refractivity contribution is 0.102. The van der Waals surface area contributed by atoms with Gasteiger partial charge in [-0.2, -0.15) is 0 Å². The van der Waals surface area contributed by atoms with Crippen LogP contribution in [-0.2, 0) is 10.0 Å². The van der Waals surface area contributed by atoms with Crippen molar-refractivity contribution in [1.29, 1.82) is 0 Å². The van der Waals surface area contributed by atoms with E-state index in [9.17, 15) is 13.2 Å². The summed E-state index contributed by atoms with van der Waals surface area (Å²) in [4.78, 5) is 18.0. The zero-order chi connectivity index (χ0) is 24.5. The Morgan fingerprint density at radius 1 is 1.00 bits per heavy atom. The number of anilines is 1. The third kappa shape index (κ3) is 4.48. The molecule has 0 unspecified atom stereocenters. The molecule has 3 aromatic carbocycles. The number of ether oxygens (including phenoxy) is 1. The monoisotopic (exact) mass is 495 g/mol. The molecule has 0 aliphatic heterocycles. The van der Waals surface area contributed by atoms with E-state index in [1.807, 2.05) is 42.5 Å². The Kier molecular flexibility index (Phi) is 6.56. The summed E-state index contributed by atoms with van der Waals surface area (Å²) in [5, 5.41) is 3.98. The number of rotatable bonds is 6. The highest BCUT2D eigenvalue weighted by atomic mass is 35.5. The van der Waals surface area contributed by atoms with Crippen molar-refractivity contribution >= 4 is 44.1 Å². The van der Waals surface area contributed by atoms with Gasteiger partial charge in [0.25, 0.3) is 5.91 Å². The van der Waals surface area contributed by atoms with Gasteiger partial charge >= 0.3 is 0 Å². The number of fused-ring (bicyclic) bond motifs is 1. The number of carbonyl (C=O) groups excluding carboxylic acids is 1. The number of pyridine rings is 1. The molecule has 0 aliphatic rings. The van der Waals surface area contributed by atoms with Gasteiger partial charge in [0.2, 0.25) is 10.0 Å². The van der Waals surface area contributed by atoms with Crippen molar-refractivity contribution in [3.8, 4) is 17.0 Å². The quantitative estimate of drug-likeness (QED) is 0.403. The highest BCUT2D eigenvalue weighted by Crippen LogP contribution is 2.32. The predicted octanol–water partition coefficient (Wildman–Crippen LogP) is 5.07. The number of aromatic nitrogens is 1. The molecule has 1 amide bonds. The van der Waals surface area contributed by atoms with E-state index in [4.69, 9.17) is 16.3 Å². The third-order valence-corrected chi connectivity index (χ3v) is 7.46. The summed E-state index contributed by atoms with van der Waals surface area (Å²) in [7, 11) is 0.458. The van der Waals surface area contributed by atoms with Crippen LogP contribution in [-0.4, -0.2) is 44.8 Å². The van der Waals surface area contributed by atoms with Crippen molar-refractivity contribution in [2.24, 2.45) is 0 Å². The lowest BCUT2D eigenvalue weighted by Gasteiger charge is -2.16. The normalized spacial score (nSPS) is 11.6. The topological polar surface area (TPSA) is 88.6 Å². The van der Waals surface area contributed by atoms with Crippen LogP contribution in [0.1, 0.15) is 10.4 Å². The van der Waals surface area contributed by atoms with Gasteiger partial charge in [-0.15, -0.1) is 0 Å². The standard InChI is InChI=1S/C25H22ClN3O4S/c1-29(2)34(31,32)24-14-16(12-13-23(24)33-3)27-25(30)19-15-22(18-9-4-6-10-20(18)26)28-21-11-7-5-8-17(19)21/h4-15H,1-3H3,(H,27,30). The second-order valence-corrected chi connectivity index (χ2v) is 10.2. The van der Waals surface area contributed by atoms with E-state index in [1.165, 1.54) is 33.3 Å². The Morgan fingerprint density at radius 2 is 1.71 bits per heavy atom. The average Bonchev–Trinajstić information content (AvgIpc) is 2.83. The molecule has 1 aromatic heterocycles. The summed E-state index contributed by atoms with van der Waals surface area (Å²) >= 11 is 6.37. The molecule has 0 saturated heterocycles. The van der Waals surface area contributed by atoms with E-state index in [2.05, 4.69) is 10.3 Å². The molecule has 0 aliphatic carbocycles. The van der Waals surface area contributed by atoms with Gasteiger partial charge in [0.05, 0.1) is 23.9 Å². The van der Waals surface area contributed by atoms with Gasteiger partial charge in [-0.3, -0.25) is 4.79 Å². The Bertz CT molecular complexity index is 1500. The number of methoxy groups -OCH3 is 1. The van der Waals surface area contributed by atoms with E-state index in [0.29, 0.717) is 38.4 Å². The number of nitrogens with one attached hydrogen (secondary N) is 1. The molecule has 0 fully saturated rings. The molecule has 4 rings (SSSR count). The van der Waals surface area contributed by atoms with Gasteiger partial charge in [-0.1, -0.05) is 48.0 Å². The van der Waals surface area contributed by atoms with Crippen LogP contribution in [0.25, 0.3) is 22.2 Å². The molecule has 4 aromatic rings. The van der Waals surface area contributed by atoms with Gasteiger partial charge < -0.3 is 10.1 Å². The molecular formula is C25H22ClN3O4S. The van der Waals surface area contributed by atoms with Crippen LogP contribution in [0.15, 0.2) is 77.7 Å². The summed E-state index contributed by atoms with van der Waals surface area (Å²) in [6.07, 6.45) is 0. The number of hydrogen-bond donors (Lipinski definition) is 1. The van der Waals surface area contributed by atoms with Crippen LogP contribution in [0.2, 0.25) is 5.02 Å². The maximum Gasteiger partial charge on any atom is 0.256 e. The molecule has 7 nitrogen and oxygen atoms in total. The number of carbonyl (C=O) groups is 1. The van der Waals surface area contributed by atoms with Crippen molar-refractivity contribution in [3.63, 3.8) is 0 Å². The number of para-hydroxylation sites is 1. The fourth-order valence-electron chi connectivity index (χ4n) is 3.52. The summed E-state index contributed by atoms with van der Waals surface area (Å²) in [6, 6.07) is 20.7. The minimum atomic E-state index is -3.79. The van der Waals surface area contributed by atoms with Crippen LogP contribution in [0.5, 0.6) is 5.75 Å². The number of amides is 1. The molecule has 0 saturated carbocycles. The molecular weight excluding hydrogens is 474 g/mol. The van der Waals surface area contributed by atoms with Crippen molar-refractivity contribution in [3.05, 3.63) is 83.4 Å². The lowest BCUT2D eigenvalue weighted by Crippen LogP contribution is -2.23. The number of hydrogen-bond acceptors (Lipinski definition) is 5. The maximum atomic E-state index is 13.4. The molecule has 0 spiro atoms. The van der Waals surface area contributed by atoms with Gasteiger partial charge in [0.15, 0.2) is 0 Å². The van der Waals surface area contributed by atoms with E-state index < -0.39 is 15.9 Å². The lowest BCUT2D eigenvalue weighted by atomic mass is 10.0. The van der Waals surface area contributed by atoms with Gasteiger partial charge in [-0.25, -0.2) is 17.7 Å². The number of benzene rings is 3. The minimum absolute atomic E-state index is 0.0471. The van der Waals surface area contributed by atoms with Crippen molar-refractivity contribution < 1.29 is 17.9 Å². The smallest absolute Gasteiger partial charge is 0.256 e. The first-order valence-corrected chi connectivity index (χ1v) is 12.1. The van der Waals surface area contributed by atoms with Crippen LogP contribution < -0.4 is 10.1 Å². The van der Waals surface area contributed by atoms with Crippen molar-refractivity contribution in [1.82, 2.24) is 9.29 Å². The number of halogens is 1. The van der Waals surface area contributed by atoms with Crippen LogP contribution in [0.4, 0.5) is 5.69 Å². The molecule has 0 atom stereocenters. The first kappa shape index (κ1) is 23.7. The zero-order valence-electron chi connectivity index (χ0n) is 18.7. The fraction of sp³-hybridized carbons (Fsp3) is 0.120. The highest BCUT2D eigenvalue weighted by molar-refractivity contribution is 7.89. The molecule has 0 bridgehead atoms. The minimum Gasteiger partial charge on any atom is -0.495 e. The molecule has 174 valence electrons. The second kappa shape index (κ2) is 9.42. The Hall–Kier alpha value is -3.46. The maximum absolute atomic E-state index is 13.4. The zero-order valence-corrected chi connectivity index (χ0v) is 20.3. The highest BCUT2D eigenvalue weighted by Gasteiger charge is 2.23. The Balaban J connectivity index is 1.79. The first-order chi connectivity index (χ1) is 16.2. The molecule has 34 heavy (non-hydrogen) atoms. The third-order valence-electron chi connectivity index (χ3n) is 5.29. The summed E-state index contributed by atoms with van der Waals surface area (Å²) in [5.74, 6) is -0.229. The van der Waals surface area contributed by atoms with Crippen LogP contribution in [0.3, 0.4) is 0 Å². The van der Waals surface area contributed by atoms with Gasteiger partial charge in [0.1, 0.15) is 10.6 Å². The average molecular weight is 496 g/mol.